The summed E-state index contributed by atoms with van der Waals surface area (Å²) in [5.41, 5.74) is 1.72. The third-order valence-corrected chi connectivity index (χ3v) is 5.10. The third-order valence-electron chi connectivity index (χ3n) is 5.10. The number of rotatable bonds is 1. The second kappa shape index (κ2) is 4.15. The first-order chi connectivity index (χ1) is 7.13. The molecule has 0 amide bonds. The highest BCUT2D eigenvalue weighted by Crippen LogP contribution is 2.49. The Morgan fingerprint density at radius 2 is 1.53 bits per heavy atom. The van der Waals surface area contributed by atoms with Gasteiger partial charge >= 0.3 is 0 Å². The molecule has 15 heavy (non-hydrogen) atoms. The van der Waals surface area contributed by atoms with E-state index in [9.17, 15) is 0 Å². The minimum atomic E-state index is 0.847. The van der Waals surface area contributed by atoms with E-state index >= 15 is 0 Å². The fraction of sp³-hybridized carbons (Fsp3) is 0.733. The van der Waals surface area contributed by atoms with Gasteiger partial charge in [-0.3, -0.25) is 0 Å². The maximum absolute atomic E-state index is 2.45. The van der Waals surface area contributed by atoms with E-state index in [1.165, 1.54) is 12.8 Å². The van der Waals surface area contributed by atoms with Gasteiger partial charge in [0.1, 0.15) is 0 Å². The van der Waals surface area contributed by atoms with Crippen molar-refractivity contribution in [2.75, 3.05) is 0 Å². The zero-order valence-electron chi connectivity index (χ0n) is 10.5. The standard InChI is InChI=1S/C15H24/c1-10-11(2)13(4)15(12(10)3)14-8-6-5-7-9-14/h5-6,8,10-13,15H,7,9H2,1-4H3. The van der Waals surface area contributed by atoms with Gasteiger partial charge in [0, 0.05) is 0 Å². The fourth-order valence-corrected chi connectivity index (χ4v) is 3.66. The fourth-order valence-electron chi connectivity index (χ4n) is 3.66. The molecule has 0 bridgehead atoms. The Morgan fingerprint density at radius 1 is 0.933 bits per heavy atom. The molecule has 2 aliphatic rings. The van der Waals surface area contributed by atoms with Crippen LogP contribution in [0.2, 0.25) is 0 Å². The molecule has 2 rings (SSSR count). The highest BCUT2D eigenvalue weighted by atomic mass is 14.5. The molecule has 2 aliphatic carbocycles. The van der Waals surface area contributed by atoms with Gasteiger partial charge in [-0.1, -0.05) is 51.5 Å². The van der Waals surface area contributed by atoms with Crippen LogP contribution in [0.5, 0.6) is 0 Å². The second-order valence-corrected chi connectivity index (χ2v) is 5.67. The molecule has 0 saturated heterocycles. The average molecular weight is 204 g/mol. The average Bonchev–Trinajstić information content (AvgIpc) is 2.45. The molecule has 0 heterocycles. The van der Waals surface area contributed by atoms with Gasteiger partial charge in [-0.2, -0.15) is 0 Å². The van der Waals surface area contributed by atoms with E-state index in [-0.39, 0.29) is 0 Å². The number of hydrogen-bond donors (Lipinski definition) is 0. The van der Waals surface area contributed by atoms with E-state index in [1.54, 1.807) is 5.57 Å². The van der Waals surface area contributed by atoms with Crippen molar-refractivity contribution in [2.24, 2.45) is 29.6 Å². The first-order valence-corrected chi connectivity index (χ1v) is 6.48. The van der Waals surface area contributed by atoms with Crippen LogP contribution in [-0.2, 0) is 0 Å². The third kappa shape index (κ3) is 1.79. The van der Waals surface area contributed by atoms with Gasteiger partial charge in [-0.15, -0.1) is 0 Å². The van der Waals surface area contributed by atoms with Crippen molar-refractivity contribution in [3.05, 3.63) is 23.8 Å². The molecule has 0 radical (unpaired) electrons. The van der Waals surface area contributed by atoms with Crippen LogP contribution >= 0.6 is 0 Å². The van der Waals surface area contributed by atoms with Gasteiger partial charge < -0.3 is 0 Å². The van der Waals surface area contributed by atoms with Crippen LogP contribution in [0.3, 0.4) is 0 Å². The van der Waals surface area contributed by atoms with Gasteiger partial charge in [0.2, 0.25) is 0 Å². The zero-order chi connectivity index (χ0) is 11.0. The first kappa shape index (κ1) is 11.0. The van der Waals surface area contributed by atoms with Crippen LogP contribution in [0, 0.1) is 29.6 Å². The lowest BCUT2D eigenvalue weighted by molar-refractivity contribution is 0.352. The molecule has 84 valence electrons. The normalized spacial score (nSPS) is 45.6. The van der Waals surface area contributed by atoms with Crippen molar-refractivity contribution in [3.8, 4) is 0 Å². The topological polar surface area (TPSA) is 0 Å². The van der Waals surface area contributed by atoms with Gasteiger partial charge in [0.05, 0.1) is 0 Å². The maximum Gasteiger partial charge on any atom is -0.0143 e. The minimum absolute atomic E-state index is 0.847. The Morgan fingerprint density at radius 3 is 2.00 bits per heavy atom. The zero-order valence-corrected chi connectivity index (χ0v) is 10.5. The quantitative estimate of drug-likeness (QED) is 0.592. The smallest absolute Gasteiger partial charge is 0.0143 e. The maximum atomic E-state index is 2.45. The van der Waals surface area contributed by atoms with Crippen molar-refractivity contribution in [3.63, 3.8) is 0 Å². The van der Waals surface area contributed by atoms with Crippen molar-refractivity contribution < 1.29 is 0 Å². The molecule has 0 spiro atoms. The number of hydrogen-bond acceptors (Lipinski definition) is 0. The Balaban J connectivity index is 2.21. The summed E-state index contributed by atoms with van der Waals surface area (Å²) < 4.78 is 0. The summed E-state index contributed by atoms with van der Waals surface area (Å²) >= 11 is 0. The molecule has 0 aromatic carbocycles. The van der Waals surface area contributed by atoms with Crippen LogP contribution in [0.25, 0.3) is 0 Å². The molecule has 0 N–H and O–H groups in total. The van der Waals surface area contributed by atoms with E-state index in [2.05, 4.69) is 45.9 Å². The molecule has 4 atom stereocenters. The Kier molecular flexibility index (Phi) is 3.04. The summed E-state index contributed by atoms with van der Waals surface area (Å²) in [6.07, 6.45) is 9.48. The lowest BCUT2D eigenvalue weighted by atomic mass is 9.80. The predicted molar refractivity (Wildman–Crippen MR) is 66.6 cm³/mol. The second-order valence-electron chi connectivity index (χ2n) is 5.67. The lowest BCUT2D eigenvalue weighted by Crippen LogP contribution is -2.16. The molecule has 1 saturated carbocycles. The van der Waals surface area contributed by atoms with Gasteiger partial charge in [0.25, 0.3) is 0 Å². The van der Waals surface area contributed by atoms with Crippen molar-refractivity contribution in [2.45, 2.75) is 40.5 Å². The van der Waals surface area contributed by atoms with Crippen LogP contribution in [0.4, 0.5) is 0 Å². The van der Waals surface area contributed by atoms with E-state index in [4.69, 9.17) is 0 Å². The Bertz CT molecular complexity index is 270. The highest BCUT2D eigenvalue weighted by Gasteiger charge is 2.42. The van der Waals surface area contributed by atoms with Crippen molar-refractivity contribution in [1.29, 1.82) is 0 Å². The summed E-state index contributed by atoms with van der Waals surface area (Å²) in [6, 6.07) is 0. The summed E-state index contributed by atoms with van der Waals surface area (Å²) in [5, 5.41) is 0. The highest BCUT2D eigenvalue weighted by molar-refractivity contribution is 5.22. The lowest BCUT2D eigenvalue weighted by Gasteiger charge is -2.25. The Hall–Kier alpha value is -0.520. The van der Waals surface area contributed by atoms with Crippen molar-refractivity contribution >= 4 is 0 Å². The molecule has 0 heteroatoms. The molecule has 4 unspecified atom stereocenters. The van der Waals surface area contributed by atoms with Crippen LogP contribution < -0.4 is 0 Å². The number of allylic oxidation sites excluding steroid dienone is 4. The van der Waals surface area contributed by atoms with E-state index in [0.717, 1.165) is 29.6 Å². The van der Waals surface area contributed by atoms with E-state index in [0.29, 0.717) is 0 Å². The predicted octanol–water partition coefficient (Wildman–Crippen LogP) is 4.44. The molecular formula is C15H24. The van der Waals surface area contributed by atoms with Gasteiger partial charge in [0.15, 0.2) is 0 Å². The summed E-state index contributed by atoms with van der Waals surface area (Å²) in [5.74, 6) is 4.36. The van der Waals surface area contributed by atoms with Crippen LogP contribution in [0.15, 0.2) is 23.8 Å². The summed E-state index contributed by atoms with van der Waals surface area (Å²) in [6.45, 7) is 9.78. The molecular weight excluding hydrogens is 180 g/mol. The first-order valence-electron chi connectivity index (χ1n) is 6.48. The Labute approximate surface area is 94.5 Å². The van der Waals surface area contributed by atoms with Crippen LogP contribution in [0.1, 0.15) is 40.5 Å². The summed E-state index contributed by atoms with van der Waals surface area (Å²) in [4.78, 5) is 0. The molecule has 1 fully saturated rings. The van der Waals surface area contributed by atoms with E-state index < -0.39 is 0 Å². The molecule has 0 aromatic heterocycles. The molecule has 0 aromatic rings. The molecule has 0 nitrogen and oxygen atoms in total. The molecule has 0 aliphatic heterocycles. The summed E-state index contributed by atoms with van der Waals surface area (Å²) in [7, 11) is 0. The largest absolute Gasteiger partial charge is 0.0842 e. The minimum Gasteiger partial charge on any atom is -0.0842 e. The SMILES string of the molecule is CC1C(C)C(C)C(C2=CC=CCC2)C1C. The van der Waals surface area contributed by atoms with Crippen LogP contribution in [-0.4, -0.2) is 0 Å². The van der Waals surface area contributed by atoms with Crippen molar-refractivity contribution in [1.82, 2.24) is 0 Å². The van der Waals surface area contributed by atoms with Gasteiger partial charge in [-0.25, -0.2) is 0 Å². The van der Waals surface area contributed by atoms with E-state index in [1.807, 2.05) is 0 Å². The monoisotopic (exact) mass is 204 g/mol. The van der Waals surface area contributed by atoms with Gasteiger partial charge in [-0.05, 0) is 42.4 Å².